The second kappa shape index (κ2) is 8.97. The van der Waals surface area contributed by atoms with E-state index in [0.717, 1.165) is 36.1 Å². The molecule has 0 unspecified atom stereocenters. The van der Waals surface area contributed by atoms with Gasteiger partial charge in [-0.15, -0.1) is 0 Å². The highest BCUT2D eigenvalue weighted by Crippen LogP contribution is 2.21. The van der Waals surface area contributed by atoms with E-state index >= 15 is 0 Å². The average molecular weight is 402 g/mol. The third-order valence-corrected chi connectivity index (χ3v) is 5.54. The molecule has 0 spiro atoms. The third kappa shape index (κ3) is 4.28. The van der Waals surface area contributed by atoms with E-state index in [4.69, 9.17) is 0 Å². The Morgan fingerprint density at radius 2 is 1.70 bits per heavy atom. The highest BCUT2D eigenvalue weighted by Gasteiger charge is 2.24. The van der Waals surface area contributed by atoms with E-state index in [1.165, 1.54) is 0 Å². The number of H-pyrrole nitrogens is 1. The molecule has 6 nitrogen and oxygen atoms in total. The van der Waals surface area contributed by atoms with Gasteiger partial charge in [0, 0.05) is 54.4 Å². The topological polar surface area (TPSA) is 68.4 Å². The summed E-state index contributed by atoms with van der Waals surface area (Å²) in [7, 11) is 0. The summed E-state index contributed by atoms with van der Waals surface area (Å²) in [5.41, 5.74) is 2.67. The minimum absolute atomic E-state index is 0.152. The molecule has 6 heteroatoms. The Labute approximate surface area is 176 Å². The second-order valence-electron chi connectivity index (χ2n) is 7.39. The molecule has 2 aromatic carbocycles. The minimum atomic E-state index is -0.290. The first kappa shape index (κ1) is 19.9. The van der Waals surface area contributed by atoms with Crippen molar-refractivity contribution in [1.82, 2.24) is 20.1 Å². The van der Waals surface area contributed by atoms with Crippen LogP contribution >= 0.6 is 0 Å². The van der Waals surface area contributed by atoms with Gasteiger partial charge >= 0.3 is 0 Å². The van der Waals surface area contributed by atoms with Gasteiger partial charge in [0.25, 0.3) is 11.8 Å². The predicted molar refractivity (Wildman–Crippen MR) is 119 cm³/mol. The van der Waals surface area contributed by atoms with Gasteiger partial charge in [0.2, 0.25) is 0 Å². The molecule has 0 bridgehead atoms. The van der Waals surface area contributed by atoms with Crippen LogP contribution in [0.1, 0.15) is 22.8 Å². The number of hydrogen-bond acceptors (Lipinski definition) is 3. The second-order valence-corrected chi connectivity index (χ2v) is 7.39. The van der Waals surface area contributed by atoms with Crippen molar-refractivity contribution in [2.24, 2.45) is 0 Å². The molecule has 1 aliphatic heterocycles. The number of aromatic amines is 1. The van der Waals surface area contributed by atoms with Gasteiger partial charge in [-0.05, 0) is 30.8 Å². The van der Waals surface area contributed by atoms with E-state index in [1.54, 1.807) is 18.2 Å². The summed E-state index contributed by atoms with van der Waals surface area (Å²) < 4.78 is 0. The lowest BCUT2D eigenvalue weighted by Crippen LogP contribution is -2.50. The van der Waals surface area contributed by atoms with E-state index < -0.39 is 0 Å². The number of piperazine rings is 1. The van der Waals surface area contributed by atoms with Gasteiger partial charge in [0.1, 0.15) is 5.70 Å². The van der Waals surface area contributed by atoms with Crippen LogP contribution in [0.4, 0.5) is 0 Å². The maximum absolute atomic E-state index is 13.3. The SMILES string of the molecule is CCN1CCN(C(=O)/C(=C/c2c[nH]c3ccccc23)NC(=O)c2ccccc2)CC1. The van der Waals surface area contributed by atoms with Crippen LogP contribution in [0.5, 0.6) is 0 Å². The van der Waals surface area contributed by atoms with E-state index in [-0.39, 0.29) is 11.8 Å². The van der Waals surface area contributed by atoms with Crippen LogP contribution in [0.15, 0.2) is 66.5 Å². The first-order valence-electron chi connectivity index (χ1n) is 10.3. The highest BCUT2D eigenvalue weighted by atomic mass is 16.2. The van der Waals surface area contributed by atoms with Gasteiger partial charge in [0.15, 0.2) is 0 Å². The number of carbonyl (C=O) groups excluding carboxylic acids is 2. The van der Waals surface area contributed by atoms with Gasteiger partial charge < -0.3 is 20.1 Å². The lowest BCUT2D eigenvalue weighted by atomic mass is 10.1. The summed E-state index contributed by atoms with van der Waals surface area (Å²) in [5, 5.41) is 3.87. The summed E-state index contributed by atoms with van der Waals surface area (Å²) in [6.07, 6.45) is 3.63. The zero-order valence-corrected chi connectivity index (χ0v) is 17.1. The van der Waals surface area contributed by atoms with Crippen LogP contribution in [0.25, 0.3) is 17.0 Å². The van der Waals surface area contributed by atoms with Crippen LogP contribution in [0, 0.1) is 0 Å². The van der Waals surface area contributed by atoms with E-state index in [9.17, 15) is 9.59 Å². The van der Waals surface area contributed by atoms with Crippen LogP contribution in [-0.2, 0) is 4.79 Å². The Morgan fingerprint density at radius 3 is 2.43 bits per heavy atom. The van der Waals surface area contributed by atoms with Crippen molar-refractivity contribution < 1.29 is 9.59 Å². The molecule has 1 fully saturated rings. The molecule has 1 aromatic heterocycles. The Kier molecular flexibility index (Phi) is 5.95. The summed E-state index contributed by atoms with van der Waals surface area (Å²) in [6.45, 7) is 6.09. The highest BCUT2D eigenvalue weighted by molar-refractivity contribution is 6.06. The fourth-order valence-corrected chi connectivity index (χ4v) is 3.74. The number of amides is 2. The largest absolute Gasteiger partial charge is 0.361 e. The number of para-hydroxylation sites is 1. The van der Waals surface area contributed by atoms with Crippen molar-refractivity contribution in [3.8, 4) is 0 Å². The summed E-state index contributed by atoms with van der Waals surface area (Å²) in [4.78, 5) is 33.5. The summed E-state index contributed by atoms with van der Waals surface area (Å²) in [5.74, 6) is -0.442. The molecule has 4 rings (SSSR count). The molecule has 0 saturated carbocycles. The predicted octanol–water partition coefficient (Wildman–Crippen LogP) is 3.10. The third-order valence-electron chi connectivity index (χ3n) is 5.54. The smallest absolute Gasteiger partial charge is 0.270 e. The number of rotatable bonds is 5. The van der Waals surface area contributed by atoms with Crippen molar-refractivity contribution in [2.45, 2.75) is 6.92 Å². The molecule has 2 N–H and O–H groups in total. The van der Waals surface area contributed by atoms with Crippen LogP contribution in [0.2, 0.25) is 0 Å². The Bertz CT molecular complexity index is 1060. The molecule has 154 valence electrons. The molecule has 2 heterocycles. The normalized spacial score (nSPS) is 15.4. The van der Waals surface area contributed by atoms with Crippen LogP contribution in [-0.4, -0.2) is 59.3 Å². The minimum Gasteiger partial charge on any atom is -0.361 e. The Hall–Kier alpha value is -3.38. The Balaban J connectivity index is 1.64. The molecule has 3 aromatic rings. The zero-order chi connectivity index (χ0) is 20.9. The molecule has 2 amide bonds. The van der Waals surface area contributed by atoms with Crippen molar-refractivity contribution in [2.75, 3.05) is 32.7 Å². The van der Waals surface area contributed by atoms with Gasteiger partial charge in [-0.3, -0.25) is 9.59 Å². The van der Waals surface area contributed by atoms with Crippen LogP contribution < -0.4 is 5.32 Å². The van der Waals surface area contributed by atoms with Crippen LogP contribution in [0.3, 0.4) is 0 Å². The van der Waals surface area contributed by atoms with Crippen molar-refractivity contribution >= 4 is 28.8 Å². The van der Waals surface area contributed by atoms with Gasteiger partial charge in [0.05, 0.1) is 0 Å². The number of benzene rings is 2. The molecule has 1 aliphatic rings. The van der Waals surface area contributed by atoms with Crippen molar-refractivity contribution in [1.29, 1.82) is 0 Å². The molecule has 1 saturated heterocycles. The van der Waals surface area contributed by atoms with E-state index in [1.807, 2.05) is 53.6 Å². The first-order valence-corrected chi connectivity index (χ1v) is 10.3. The maximum Gasteiger partial charge on any atom is 0.270 e. The molecular weight excluding hydrogens is 376 g/mol. The van der Waals surface area contributed by atoms with Crippen molar-refractivity contribution in [3.05, 3.63) is 77.6 Å². The van der Waals surface area contributed by atoms with Crippen molar-refractivity contribution in [3.63, 3.8) is 0 Å². The quantitative estimate of drug-likeness (QED) is 0.645. The lowest BCUT2D eigenvalue weighted by Gasteiger charge is -2.34. The Morgan fingerprint density at radius 1 is 1.00 bits per heavy atom. The molecular formula is C24H26N4O2. The first-order chi connectivity index (χ1) is 14.7. The standard InChI is InChI=1S/C24H26N4O2/c1-2-27-12-14-28(15-13-27)24(30)22(26-23(29)18-8-4-3-5-9-18)16-19-17-25-21-11-7-6-10-20(19)21/h3-11,16-17,25H,2,12-15H2,1H3,(H,26,29)/b22-16-. The number of nitrogens with one attached hydrogen (secondary N) is 2. The van der Waals surface area contributed by atoms with Gasteiger partial charge in [-0.2, -0.15) is 0 Å². The van der Waals surface area contributed by atoms with Gasteiger partial charge in [-0.1, -0.05) is 43.3 Å². The number of nitrogens with zero attached hydrogens (tertiary/aromatic N) is 2. The average Bonchev–Trinajstić information content (AvgIpc) is 3.21. The lowest BCUT2D eigenvalue weighted by molar-refractivity contribution is -0.129. The molecule has 0 atom stereocenters. The summed E-state index contributed by atoms with van der Waals surface area (Å²) in [6, 6.07) is 16.9. The molecule has 0 radical (unpaired) electrons. The van der Waals surface area contributed by atoms with E-state index in [2.05, 4.69) is 22.1 Å². The fraction of sp³-hybridized carbons (Fsp3) is 0.250. The number of likely N-dealkylation sites (N-methyl/N-ethyl adjacent to an activating group) is 1. The molecule has 30 heavy (non-hydrogen) atoms. The monoisotopic (exact) mass is 402 g/mol. The fourth-order valence-electron chi connectivity index (χ4n) is 3.74. The summed E-state index contributed by atoms with van der Waals surface area (Å²) >= 11 is 0. The maximum atomic E-state index is 13.3. The number of fused-ring (bicyclic) bond motifs is 1. The number of carbonyl (C=O) groups is 2. The number of hydrogen-bond donors (Lipinski definition) is 2. The van der Waals surface area contributed by atoms with E-state index in [0.29, 0.717) is 24.4 Å². The number of aromatic nitrogens is 1. The molecule has 0 aliphatic carbocycles. The van der Waals surface area contributed by atoms with Gasteiger partial charge in [-0.25, -0.2) is 0 Å². The zero-order valence-electron chi connectivity index (χ0n) is 17.1.